The van der Waals surface area contributed by atoms with Crippen molar-refractivity contribution < 1.29 is 4.79 Å². The molecule has 2 saturated heterocycles. The van der Waals surface area contributed by atoms with Crippen LogP contribution in [0.25, 0.3) is 0 Å². The molecule has 0 bridgehead atoms. The van der Waals surface area contributed by atoms with Gasteiger partial charge in [0.05, 0.1) is 0 Å². The van der Waals surface area contributed by atoms with Gasteiger partial charge in [0.15, 0.2) is 0 Å². The lowest BCUT2D eigenvalue weighted by Gasteiger charge is -2.25. The Balaban J connectivity index is 1.78. The Labute approximate surface area is 128 Å². The molecule has 2 N–H and O–H groups in total. The van der Waals surface area contributed by atoms with Crippen molar-refractivity contribution in [3.05, 3.63) is 28.2 Å². The van der Waals surface area contributed by atoms with Crippen LogP contribution in [0, 0.1) is 0 Å². The fourth-order valence-electron chi connectivity index (χ4n) is 3.31. The van der Waals surface area contributed by atoms with Crippen molar-refractivity contribution in [2.75, 3.05) is 31.9 Å². The van der Waals surface area contributed by atoms with Crippen LogP contribution in [0.5, 0.6) is 0 Å². The molecule has 2 fully saturated rings. The second kappa shape index (κ2) is 5.74. The molecule has 1 aromatic rings. The summed E-state index contributed by atoms with van der Waals surface area (Å²) < 4.78 is 0.859. The minimum Gasteiger partial charge on any atom is -0.399 e. The Morgan fingerprint density at radius 3 is 2.80 bits per heavy atom. The standard InChI is InChI=1S/C15H20BrN3O/c16-12-7-11(8-13(17)9-12)15(20)19-6-2-5-18-4-1-3-14(18)10-19/h7-9,14H,1-6,10,17H2. The molecule has 1 unspecified atom stereocenters. The molecule has 20 heavy (non-hydrogen) atoms. The van der Waals surface area contributed by atoms with Crippen molar-refractivity contribution in [3.63, 3.8) is 0 Å². The third-order valence-corrected chi connectivity index (χ3v) is 4.72. The van der Waals surface area contributed by atoms with Crippen LogP contribution >= 0.6 is 15.9 Å². The van der Waals surface area contributed by atoms with Crippen molar-refractivity contribution in [2.24, 2.45) is 0 Å². The van der Waals surface area contributed by atoms with E-state index in [9.17, 15) is 4.79 Å². The minimum atomic E-state index is 0.103. The Hall–Kier alpha value is -1.07. The molecule has 4 nitrogen and oxygen atoms in total. The van der Waals surface area contributed by atoms with Gasteiger partial charge in [-0.15, -0.1) is 0 Å². The van der Waals surface area contributed by atoms with E-state index >= 15 is 0 Å². The maximum absolute atomic E-state index is 12.7. The molecule has 2 heterocycles. The molecule has 108 valence electrons. The van der Waals surface area contributed by atoms with Crippen molar-refractivity contribution in [2.45, 2.75) is 25.3 Å². The Morgan fingerprint density at radius 1 is 1.20 bits per heavy atom. The van der Waals surface area contributed by atoms with Crippen molar-refractivity contribution in [1.82, 2.24) is 9.80 Å². The number of carbonyl (C=O) groups excluding carboxylic acids is 1. The van der Waals surface area contributed by atoms with Crippen molar-refractivity contribution in [1.29, 1.82) is 0 Å². The lowest BCUT2D eigenvalue weighted by atomic mass is 10.1. The third-order valence-electron chi connectivity index (χ3n) is 4.26. The van der Waals surface area contributed by atoms with E-state index in [1.54, 1.807) is 6.07 Å². The number of hydrogen-bond acceptors (Lipinski definition) is 3. The summed E-state index contributed by atoms with van der Waals surface area (Å²) in [7, 11) is 0. The van der Waals surface area contributed by atoms with Crippen LogP contribution in [-0.4, -0.2) is 47.9 Å². The van der Waals surface area contributed by atoms with E-state index in [-0.39, 0.29) is 5.91 Å². The van der Waals surface area contributed by atoms with Crippen molar-refractivity contribution in [3.8, 4) is 0 Å². The summed E-state index contributed by atoms with van der Waals surface area (Å²) in [5, 5.41) is 0. The van der Waals surface area contributed by atoms with Gasteiger partial charge in [-0.1, -0.05) is 15.9 Å². The monoisotopic (exact) mass is 337 g/mol. The molecule has 1 aromatic carbocycles. The molecule has 5 heteroatoms. The smallest absolute Gasteiger partial charge is 0.254 e. The van der Waals surface area contributed by atoms with Gasteiger partial charge in [-0.05, 0) is 44.0 Å². The zero-order valence-corrected chi connectivity index (χ0v) is 13.1. The van der Waals surface area contributed by atoms with Crippen LogP contribution in [0.3, 0.4) is 0 Å². The predicted molar refractivity (Wildman–Crippen MR) is 83.7 cm³/mol. The second-order valence-electron chi connectivity index (χ2n) is 5.71. The van der Waals surface area contributed by atoms with Gasteiger partial charge in [-0.3, -0.25) is 9.69 Å². The van der Waals surface area contributed by atoms with Crippen LogP contribution < -0.4 is 5.73 Å². The molecule has 3 rings (SSSR count). The molecule has 0 saturated carbocycles. The summed E-state index contributed by atoms with van der Waals surface area (Å²) in [6.07, 6.45) is 3.53. The molecule has 0 spiro atoms. The number of halogens is 1. The zero-order valence-electron chi connectivity index (χ0n) is 11.5. The molecular weight excluding hydrogens is 318 g/mol. The summed E-state index contributed by atoms with van der Waals surface area (Å²) in [4.78, 5) is 17.2. The van der Waals surface area contributed by atoms with Crippen LogP contribution in [-0.2, 0) is 0 Å². The van der Waals surface area contributed by atoms with E-state index in [2.05, 4.69) is 20.8 Å². The predicted octanol–water partition coefficient (Wildman–Crippen LogP) is 2.34. The van der Waals surface area contributed by atoms with Crippen molar-refractivity contribution >= 4 is 27.5 Å². The summed E-state index contributed by atoms with van der Waals surface area (Å²) in [5.41, 5.74) is 7.14. The third kappa shape index (κ3) is 2.83. The van der Waals surface area contributed by atoms with E-state index in [0.717, 1.165) is 30.5 Å². The topological polar surface area (TPSA) is 49.6 Å². The van der Waals surface area contributed by atoms with Gasteiger partial charge in [-0.25, -0.2) is 0 Å². The normalized spacial score (nSPS) is 23.4. The highest BCUT2D eigenvalue weighted by Gasteiger charge is 2.30. The summed E-state index contributed by atoms with van der Waals surface area (Å²) in [5.74, 6) is 0.103. The summed E-state index contributed by atoms with van der Waals surface area (Å²) >= 11 is 3.41. The average molecular weight is 338 g/mol. The van der Waals surface area contributed by atoms with Crippen LogP contribution in [0.2, 0.25) is 0 Å². The average Bonchev–Trinajstić information content (AvgIpc) is 2.74. The number of anilines is 1. The lowest BCUT2D eigenvalue weighted by molar-refractivity contribution is 0.0743. The first-order valence-corrected chi connectivity index (χ1v) is 8.02. The van der Waals surface area contributed by atoms with Crippen LogP contribution in [0.4, 0.5) is 5.69 Å². The van der Waals surface area contributed by atoms with E-state index in [0.29, 0.717) is 17.3 Å². The van der Waals surface area contributed by atoms with Gasteiger partial charge in [-0.2, -0.15) is 0 Å². The number of fused-ring (bicyclic) bond motifs is 1. The Morgan fingerprint density at radius 2 is 2.00 bits per heavy atom. The quantitative estimate of drug-likeness (QED) is 0.800. The lowest BCUT2D eigenvalue weighted by Crippen LogP contribution is -2.39. The number of amides is 1. The van der Waals surface area contributed by atoms with E-state index in [1.165, 1.54) is 19.4 Å². The van der Waals surface area contributed by atoms with E-state index in [1.807, 2.05) is 17.0 Å². The van der Waals surface area contributed by atoms with Gasteiger partial charge in [0.1, 0.15) is 0 Å². The molecular formula is C15H20BrN3O. The highest BCUT2D eigenvalue weighted by atomic mass is 79.9. The highest BCUT2D eigenvalue weighted by Crippen LogP contribution is 2.24. The maximum Gasteiger partial charge on any atom is 0.254 e. The molecule has 0 aromatic heterocycles. The molecule has 0 radical (unpaired) electrons. The number of carbonyl (C=O) groups is 1. The van der Waals surface area contributed by atoms with Gasteiger partial charge >= 0.3 is 0 Å². The van der Waals surface area contributed by atoms with Crippen LogP contribution in [0.1, 0.15) is 29.6 Å². The van der Waals surface area contributed by atoms with Crippen LogP contribution in [0.15, 0.2) is 22.7 Å². The molecule has 2 aliphatic rings. The molecule has 2 aliphatic heterocycles. The van der Waals surface area contributed by atoms with E-state index in [4.69, 9.17) is 5.73 Å². The second-order valence-corrected chi connectivity index (χ2v) is 6.63. The Kier molecular flexibility index (Phi) is 3.98. The van der Waals surface area contributed by atoms with Gasteiger partial charge < -0.3 is 10.6 Å². The maximum atomic E-state index is 12.7. The zero-order chi connectivity index (χ0) is 14.1. The first-order valence-electron chi connectivity index (χ1n) is 7.23. The SMILES string of the molecule is Nc1cc(Br)cc(C(=O)N2CCCN3CCCC3C2)c1. The highest BCUT2D eigenvalue weighted by molar-refractivity contribution is 9.10. The number of benzene rings is 1. The number of nitrogens with zero attached hydrogens (tertiary/aromatic N) is 2. The fraction of sp³-hybridized carbons (Fsp3) is 0.533. The first-order chi connectivity index (χ1) is 9.63. The van der Waals surface area contributed by atoms with E-state index < -0.39 is 0 Å². The number of hydrogen-bond donors (Lipinski definition) is 1. The molecule has 0 aliphatic carbocycles. The number of nitrogen functional groups attached to an aromatic ring is 1. The van der Waals surface area contributed by atoms with Gasteiger partial charge in [0, 0.05) is 41.4 Å². The number of nitrogens with two attached hydrogens (primary N) is 1. The minimum absolute atomic E-state index is 0.103. The summed E-state index contributed by atoms with van der Waals surface area (Å²) in [6.45, 7) is 4.01. The molecule has 1 atom stereocenters. The fourth-order valence-corrected chi connectivity index (χ4v) is 3.82. The van der Waals surface area contributed by atoms with Gasteiger partial charge in [0.25, 0.3) is 5.91 Å². The number of rotatable bonds is 1. The molecule has 1 amide bonds. The largest absolute Gasteiger partial charge is 0.399 e. The van der Waals surface area contributed by atoms with Gasteiger partial charge in [0.2, 0.25) is 0 Å². The first kappa shape index (κ1) is 13.9. The summed E-state index contributed by atoms with van der Waals surface area (Å²) in [6, 6.07) is 5.99. The Bertz CT molecular complexity index is 500.